The number of aliphatic hydroxyl groups excluding tert-OH is 2. The van der Waals surface area contributed by atoms with Gasteiger partial charge < -0.3 is 26.0 Å². The van der Waals surface area contributed by atoms with Crippen LogP contribution in [0.3, 0.4) is 0 Å². The molecule has 0 aliphatic rings. The van der Waals surface area contributed by atoms with Gasteiger partial charge in [-0.2, -0.15) is 0 Å². The van der Waals surface area contributed by atoms with Crippen LogP contribution in [0.4, 0.5) is 0 Å². The molecule has 0 fully saturated rings. The summed E-state index contributed by atoms with van der Waals surface area (Å²) in [6, 6.07) is 11.3. The zero-order valence-electron chi connectivity index (χ0n) is 26.7. The van der Waals surface area contributed by atoms with E-state index in [0.29, 0.717) is 22.6 Å². The first-order valence-electron chi connectivity index (χ1n) is 14.8. The molecule has 0 aromatic heterocycles. The van der Waals surface area contributed by atoms with Crippen LogP contribution in [0.1, 0.15) is 72.4 Å². The third kappa shape index (κ3) is 11.6. The minimum Gasteiger partial charge on any atom is -0.466 e. The number of ether oxygens (including phenoxy) is 1. The molecule has 2 rings (SSSR count). The largest absolute Gasteiger partial charge is 0.466 e. The number of nitrogens with one attached hydrogen (secondary N) is 1. The number of rotatable bonds is 14. The first-order chi connectivity index (χ1) is 20.5. The lowest BCUT2D eigenvalue weighted by molar-refractivity contribution is -0.143. The van der Waals surface area contributed by atoms with E-state index in [-0.39, 0.29) is 62.2 Å². The summed E-state index contributed by atoms with van der Waals surface area (Å²) < 4.78 is 6.49. The molecule has 0 aliphatic carbocycles. The summed E-state index contributed by atoms with van der Waals surface area (Å²) in [5.41, 5.74) is 7.01. The van der Waals surface area contributed by atoms with Crippen molar-refractivity contribution in [3.63, 3.8) is 0 Å². The standard InChI is InChI=1S/C20H29BrClNO4.C13H19BrClNO/c1-5-27-19(26)8-9-23-18(25)11-20(4,15(12-24)13(2)3)14-6-7-16(21)17(22)10-14;1-8(2)10(7-17)13(3,16)9-4-5-11(14)12(15)6-9/h6-7,10,13,15,24H,5,8-9,11-12H2,1-4H3,(H,23,25);4-6,8,10,17H,7,16H2,1-3H3/t15?,20-;10?,13-/m00/s1. The fraction of sp³-hybridized carbons (Fsp3) is 0.576. The van der Waals surface area contributed by atoms with Crippen molar-refractivity contribution in [2.24, 2.45) is 29.4 Å². The second-order valence-corrected chi connectivity index (χ2v) is 14.6. The zero-order valence-corrected chi connectivity index (χ0v) is 31.4. The van der Waals surface area contributed by atoms with Gasteiger partial charge in [0.15, 0.2) is 0 Å². The molecule has 2 aromatic rings. The topological polar surface area (TPSA) is 122 Å². The highest BCUT2D eigenvalue weighted by atomic mass is 79.9. The molecule has 0 heterocycles. The smallest absolute Gasteiger partial charge is 0.307 e. The molecule has 11 heteroatoms. The van der Waals surface area contributed by atoms with Crippen LogP contribution >= 0.6 is 55.1 Å². The fourth-order valence-corrected chi connectivity index (χ4v) is 6.37. The van der Waals surface area contributed by atoms with E-state index in [1.165, 1.54) is 0 Å². The van der Waals surface area contributed by atoms with Gasteiger partial charge in [0.2, 0.25) is 5.91 Å². The molecule has 2 aromatic carbocycles. The molecule has 5 N–H and O–H groups in total. The number of hydrogen-bond donors (Lipinski definition) is 4. The van der Waals surface area contributed by atoms with Gasteiger partial charge in [-0.3, -0.25) is 9.59 Å². The molecule has 7 nitrogen and oxygen atoms in total. The normalized spacial score (nSPS) is 15.5. The summed E-state index contributed by atoms with van der Waals surface area (Å²) in [5, 5.41) is 23.5. The summed E-state index contributed by atoms with van der Waals surface area (Å²) in [5.74, 6) is -0.187. The minimum atomic E-state index is -0.610. The summed E-state index contributed by atoms with van der Waals surface area (Å²) in [6.45, 7) is 14.4. The van der Waals surface area contributed by atoms with Crippen LogP contribution in [0.2, 0.25) is 10.0 Å². The average molecular weight is 783 g/mol. The first kappa shape index (κ1) is 40.8. The van der Waals surface area contributed by atoms with E-state index in [1.807, 2.05) is 64.1 Å². The molecule has 0 saturated heterocycles. The third-order valence-electron chi connectivity index (χ3n) is 8.20. The Kier molecular flexibility index (Phi) is 17.5. The van der Waals surface area contributed by atoms with Gasteiger partial charge in [-0.05, 0) is 98.9 Å². The predicted molar refractivity (Wildman–Crippen MR) is 187 cm³/mol. The first-order valence-corrected chi connectivity index (χ1v) is 17.1. The van der Waals surface area contributed by atoms with Gasteiger partial charge in [-0.1, -0.05) is 70.0 Å². The van der Waals surface area contributed by atoms with Crippen LogP contribution in [0.5, 0.6) is 0 Å². The van der Waals surface area contributed by atoms with Crippen LogP contribution in [0, 0.1) is 23.7 Å². The molecule has 248 valence electrons. The van der Waals surface area contributed by atoms with E-state index >= 15 is 0 Å². The Bertz CT molecular complexity index is 1230. The van der Waals surface area contributed by atoms with Crippen molar-refractivity contribution >= 4 is 66.9 Å². The Hall–Kier alpha value is -1.20. The number of esters is 1. The molecule has 1 amide bonds. The SMILES string of the molecule is CC(C)C(CO)[C@@](C)(N)c1ccc(Br)c(Cl)c1.CCOC(=O)CCNC(=O)C[C@@](C)(c1ccc(Br)c(Cl)c1)C(CO)C(C)C. The number of amides is 1. The highest BCUT2D eigenvalue weighted by Crippen LogP contribution is 2.41. The quantitative estimate of drug-likeness (QED) is 0.146. The van der Waals surface area contributed by atoms with Crippen molar-refractivity contribution in [2.45, 2.75) is 72.3 Å². The maximum atomic E-state index is 12.6. The van der Waals surface area contributed by atoms with Crippen molar-refractivity contribution in [1.82, 2.24) is 5.32 Å². The highest BCUT2D eigenvalue weighted by Gasteiger charge is 2.39. The summed E-state index contributed by atoms with van der Waals surface area (Å²) in [4.78, 5) is 24.0. The van der Waals surface area contributed by atoms with Gasteiger partial charge in [0.05, 0.1) is 23.1 Å². The Morgan fingerprint density at radius 1 is 0.909 bits per heavy atom. The molecule has 0 bridgehead atoms. The van der Waals surface area contributed by atoms with E-state index in [9.17, 15) is 19.8 Å². The molecule has 0 radical (unpaired) electrons. The summed E-state index contributed by atoms with van der Waals surface area (Å²) >= 11 is 19.1. The maximum absolute atomic E-state index is 12.6. The van der Waals surface area contributed by atoms with Crippen molar-refractivity contribution in [3.8, 4) is 0 Å². The average Bonchev–Trinajstić information content (AvgIpc) is 2.92. The molecule has 0 spiro atoms. The number of halogens is 4. The minimum absolute atomic E-state index is 0.000239. The second kappa shape index (κ2) is 18.8. The Labute approximate surface area is 289 Å². The van der Waals surface area contributed by atoms with Gasteiger partial charge >= 0.3 is 5.97 Å². The monoisotopic (exact) mass is 780 g/mol. The molecule has 44 heavy (non-hydrogen) atoms. The Morgan fingerprint density at radius 2 is 1.39 bits per heavy atom. The number of carbonyl (C=O) groups excluding carboxylic acids is 2. The summed E-state index contributed by atoms with van der Waals surface area (Å²) in [6.07, 6.45) is 0.311. The molecule has 0 saturated carbocycles. The second-order valence-electron chi connectivity index (χ2n) is 12.1. The van der Waals surface area contributed by atoms with Crippen LogP contribution in [-0.4, -0.2) is 48.5 Å². The number of carbonyl (C=O) groups is 2. The van der Waals surface area contributed by atoms with Crippen molar-refractivity contribution in [2.75, 3.05) is 26.4 Å². The lowest BCUT2D eigenvalue weighted by Gasteiger charge is -2.39. The highest BCUT2D eigenvalue weighted by molar-refractivity contribution is 9.10. The van der Waals surface area contributed by atoms with Crippen molar-refractivity contribution in [1.29, 1.82) is 0 Å². The van der Waals surface area contributed by atoms with Gasteiger partial charge in [-0.15, -0.1) is 0 Å². The third-order valence-corrected chi connectivity index (χ3v) is 10.7. The number of benzene rings is 2. The molecule has 4 atom stereocenters. The van der Waals surface area contributed by atoms with E-state index in [1.54, 1.807) is 6.92 Å². The number of aliphatic hydroxyl groups is 2. The van der Waals surface area contributed by atoms with Crippen LogP contribution in [-0.2, 0) is 25.3 Å². The van der Waals surface area contributed by atoms with E-state index < -0.39 is 11.0 Å². The fourth-order valence-electron chi connectivity index (χ4n) is 5.52. The van der Waals surface area contributed by atoms with E-state index in [2.05, 4.69) is 51.0 Å². The summed E-state index contributed by atoms with van der Waals surface area (Å²) in [7, 11) is 0. The van der Waals surface area contributed by atoms with Gasteiger partial charge in [0, 0.05) is 52.0 Å². The van der Waals surface area contributed by atoms with Gasteiger partial charge in [0.1, 0.15) is 0 Å². The maximum Gasteiger partial charge on any atom is 0.307 e. The molecular weight excluding hydrogens is 735 g/mol. The van der Waals surface area contributed by atoms with Crippen LogP contribution < -0.4 is 11.1 Å². The van der Waals surface area contributed by atoms with Gasteiger partial charge in [-0.25, -0.2) is 0 Å². The molecular formula is C33H48Br2Cl2N2O5. The molecule has 0 aliphatic heterocycles. The van der Waals surface area contributed by atoms with E-state index in [0.717, 1.165) is 20.1 Å². The molecule has 2 unspecified atom stereocenters. The van der Waals surface area contributed by atoms with Crippen molar-refractivity contribution in [3.05, 3.63) is 66.5 Å². The van der Waals surface area contributed by atoms with Gasteiger partial charge in [0.25, 0.3) is 0 Å². The predicted octanol–water partition coefficient (Wildman–Crippen LogP) is 7.63. The lowest BCUT2D eigenvalue weighted by atomic mass is 9.65. The number of hydrogen-bond acceptors (Lipinski definition) is 6. The lowest BCUT2D eigenvalue weighted by Crippen LogP contribution is -2.45. The van der Waals surface area contributed by atoms with E-state index in [4.69, 9.17) is 33.7 Å². The van der Waals surface area contributed by atoms with Crippen molar-refractivity contribution < 1.29 is 24.5 Å². The number of nitrogens with two attached hydrogens (primary N) is 1. The Balaban J connectivity index is 0.000000488. The Morgan fingerprint density at radius 3 is 1.82 bits per heavy atom. The van der Waals surface area contributed by atoms with Crippen LogP contribution in [0.25, 0.3) is 0 Å². The zero-order chi connectivity index (χ0) is 33.8. The van der Waals surface area contributed by atoms with Crippen LogP contribution in [0.15, 0.2) is 45.3 Å².